The molecule has 1 N–H and O–H groups in total. The summed E-state index contributed by atoms with van der Waals surface area (Å²) in [6.45, 7) is 1.55. The van der Waals surface area contributed by atoms with Crippen LogP contribution in [0.25, 0.3) is 11.0 Å². The number of halogens is 1. The lowest BCUT2D eigenvalue weighted by Gasteiger charge is -2.17. The maximum absolute atomic E-state index is 12.7. The lowest BCUT2D eigenvalue weighted by molar-refractivity contribution is 0.0781. The number of carbonyl (C=O) groups is 1. The molecule has 1 aromatic carbocycles. The third kappa shape index (κ3) is 3.89. The first-order valence-corrected chi connectivity index (χ1v) is 9.07. The SMILES string of the molecule is CN(Cc1nc2ccccc2[nH]1)C(=O)c1cnc(OC2CCOC2)c(Cl)c1. The van der Waals surface area contributed by atoms with Gasteiger partial charge in [0.05, 0.1) is 36.4 Å². The Bertz CT molecular complexity index is 935. The van der Waals surface area contributed by atoms with Crippen molar-refractivity contribution >= 4 is 28.5 Å². The van der Waals surface area contributed by atoms with Crippen LogP contribution in [-0.2, 0) is 11.3 Å². The van der Waals surface area contributed by atoms with E-state index in [0.717, 1.165) is 17.5 Å². The number of pyridine rings is 1. The Morgan fingerprint density at radius 3 is 3.04 bits per heavy atom. The molecule has 140 valence electrons. The molecule has 7 nitrogen and oxygen atoms in total. The van der Waals surface area contributed by atoms with Crippen molar-refractivity contribution in [2.75, 3.05) is 20.3 Å². The van der Waals surface area contributed by atoms with E-state index in [4.69, 9.17) is 21.1 Å². The lowest BCUT2D eigenvalue weighted by atomic mass is 10.2. The number of benzene rings is 1. The van der Waals surface area contributed by atoms with Gasteiger partial charge in [0.1, 0.15) is 17.0 Å². The summed E-state index contributed by atoms with van der Waals surface area (Å²) in [6.07, 6.45) is 2.24. The molecule has 1 amide bonds. The number of aromatic amines is 1. The van der Waals surface area contributed by atoms with Gasteiger partial charge in [-0.15, -0.1) is 0 Å². The van der Waals surface area contributed by atoms with Gasteiger partial charge in [-0.25, -0.2) is 9.97 Å². The Hall–Kier alpha value is -2.64. The highest BCUT2D eigenvalue weighted by Crippen LogP contribution is 2.25. The van der Waals surface area contributed by atoms with E-state index in [1.807, 2.05) is 24.3 Å². The van der Waals surface area contributed by atoms with Crippen molar-refractivity contribution in [3.63, 3.8) is 0 Å². The predicted molar refractivity (Wildman–Crippen MR) is 101 cm³/mol. The Morgan fingerprint density at radius 1 is 1.44 bits per heavy atom. The highest BCUT2D eigenvalue weighted by molar-refractivity contribution is 6.32. The summed E-state index contributed by atoms with van der Waals surface area (Å²) in [5.74, 6) is 0.844. The quantitative estimate of drug-likeness (QED) is 0.729. The second-order valence-corrected chi connectivity index (χ2v) is 6.88. The molecule has 1 fully saturated rings. The fraction of sp³-hybridized carbons (Fsp3) is 0.316. The number of nitrogens with one attached hydrogen (secondary N) is 1. The molecule has 27 heavy (non-hydrogen) atoms. The summed E-state index contributed by atoms with van der Waals surface area (Å²) in [7, 11) is 1.71. The number of amides is 1. The van der Waals surface area contributed by atoms with Gasteiger partial charge in [-0.3, -0.25) is 4.79 Å². The van der Waals surface area contributed by atoms with Gasteiger partial charge < -0.3 is 19.4 Å². The molecule has 3 aromatic rings. The summed E-state index contributed by atoms with van der Waals surface area (Å²) in [5.41, 5.74) is 2.21. The number of hydrogen-bond acceptors (Lipinski definition) is 5. The molecule has 0 spiro atoms. The number of para-hydroxylation sites is 2. The molecule has 0 bridgehead atoms. The molecule has 0 saturated carbocycles. The third-order valence-corrected chi connectivity index (χ3v) is 4.66. The third-order valence-electron chi connectivity index (χ3n) is 4.39. The van der Waals surface area contributed by atoms with Crippen LogP contribution < -0.4 is 4.74 Å². The zero-order valence-electron chi connectivity index (χ0n) is 14.8. The molecule has 4 rings (SSSR count). The van der Waals surface area contributed by atoms with Crippen molar-refractivity contribution in [1.29, 1.82) is 0 Å². The fourth-order valence-corrected chi connectivity index (χ4v) is 3.20. The number of H-pyrrole nitrogens is 1. The van der Waals surface area contributed by atoms with E-state index in [1.54, 1.807) is 18.0 Å². The van der Waals surface area contributed by atoms with E-state index in [1.165, 1.54) is 6.20 Å². The van der Waals surface area contributed by atoms with Crippen molar-refractivity contribution in [2.45, 2.75) is 19.1 Å². The van der Waals surface area contributed by atoms with Crippen LogP contribution in [0.5, 0.6) is 5.88 Å². The zero-order chi connectivity index (χ0) is 18.8. The van der Waals surface area contributed by atoms with Crippen molar-refractivity contribution in [2.24, 2.45) is 0 Å². The average Bonchev–Trinajstić information content (AvgIpc) is 3.31. The van der Waals surface area contributed by atoms with E-state index in [9.17, 15) is 4.79 Å². The number of imidazole rings is 1. The van der Waals surface area contributed by atoms with E-state index in [0.29, 0.717) is 42.0 Å². The van der Waals surface area contributed by atoms with Gasteiger partial charge in [0.25, 0.3) is 5.91 Å². The number of aromatic nitrogens is 3. The molecule has 1 saturated heterocycles. The minimum atomic E-state index is -0.194. The lowest BCUT2D eigenvalue weighted by Crippen LogP contribution is -2.27. The van der Waals surface area contributed by atoms with Crippen molar-refractivity contribution in [1.82, 2.24) is 19.9 Å². The minimum absolute atomic E-state index is 0.0488. The van der Waals surface area contributed by atoms with Crippen LogP contribution in [0.3, 0.4) is 0 Å². The maximum Gasteiger partial charge on any atom is 0.255 e. The van der Waals surface area contributed by atoms with Crippen LogP contribution in [-0.4, -0.2) is 52.1 Å². The molecular weight excluding hydrogens is 368 g/mol. The largest absolute Gasteiger partial charge is 0.471 e. The predicted octanol–water partition coefficient (Wildman–Crippen LogP) is 3.05. The first kappa shape index (κ1) is 17.8. The Kier molecular flexibility index (Phi) is 4.96. The molecule has 1 aliphatic rings. The first-order valence-electron chi connectivity index (χ1n) is 8.69. The molecule has 1 atom stereocenters. The standard InChI is InChI=1S/C19H19ClN4O3/c1-24(10-17-22-15-4-2-3-5-16(15)23-17)19(25)12-8-14(20)18(21-9-12)27-13-6-7-26-11-13/h2-5,8-9,13H,6-7,10-11H2,1H3,(H,22,23). The molecule has 0 radical (unpaired) electrons. The van der Waals surface area contributed by atoms with Crippen molar-refractivity contribution in [3.8, 4) is 5.88 Å². The van der Waals surface area contributed by atoms with E-state index in [-0.39, 0.29) is 12.0 Å². The molecule has 1 aliphatic heterocycles. The van der Waals surface area contributed by atoms with Gasteiger partial charge in [-0.05, 0) is 18.2 Å². The highest BCUT2D eigenvalue weighted by Gasteiger charge is 2.21. The highest BCUT2D eigenvalue weighted by atomic mass is 35.5. The van der Waals surface area contributed by atoms with Gasteiger partial charge in [-0.2, -0.15) is 0 Å². The summed E-state index contributed by atoms with van der Waals surface area (Å²) < 4.78 is 11.0. The van der Waals surface area contributed by atoms with Crippen LogP contribution in [0.4, 0.5) is 0 Å². The van der Waals surface area contributed by atoms with Crippen molar-refractivity contribution < 1.29 is 14.3 Å². The van der Waals surface area contributed by atoms with E-state index >= 15 is 0 Å². The van der Waals surface area contributed by atoms with E-state index in [2.05, 4.69) is 15.0 Å². The zero-order valence-corrected chi connectivity index (χ0v) is 15.6. The van der Waals surface area contributed by atoms with Crippen LogP contribution in [0, 0.1) is 0 Å². The van der Waals surface area contributed by atoms with Crippen molar-refractivity contribution in [3.05, 3.63) is 52.9 Å². The summed E-state index contributed by atoms with van der Waals surface area (Å²) in [6, 6.07) is 9.32. The monoisotopic (exact) mass is 386 g/mol. The maximum atomic E-state index is 12.7. The second kappa shape index (κ2) is 7.54. The molecule has 0 aliphatic carbocycles. The van der Waals surface area contributed by atoms with Crippen LogP contribution >= 0.6 is 11.6 Å². The normalized spacial score (nSPS) is 16.6. The van der Waals surface area contributed by atoms with Gasteiger partial charge >= 0.3 is 0 Å². The number of fused-ring (bicyclic) bond motifs is 1. The second-order valence-electron chi connectivity index (χ2n) is 6.48. The van der Waals surface area contributed by atoms with E-state index < -0.39 is 0 Å². The Labute approximate surface area is 161 Å². The number of nitrogens with zero attached hydrogens (tertiary/aromatic N) is 3. The number of hydrogen-bond donors (Lipinski definition) is 1. The summed E-state index contributed by atoms with van der Waals surface area (Å²) in [5, 5.41) is 0.310. The first-order chi connectivity index (χ1) is 13.1. The topological polar surface area (TPSA) is 80.3 Å². The van der Waals surface area contributed by atoms with Crippen LogP contribution in [0.1, 0.15) is 22.6 Å². The van der Waals surface area contributed by atoms with Gasteiger partial charge in [0, 0.05) is 19.7 Å². The molecular formula is C19H19ClN4O3. The Balaban J connectivity index is 1.45. The molecule has 2 aromatic heterocycles. The van der Waals surface area contributed by atoms with Gasteiger partial charge in [0.15, 0.2) is 0 Å². The van der Waals surface area contributed by atoms with Gasteiger partial charge in [-0.1, -0.05) is 23.7 Å². The smallest absolute Gasteiger partial charge is 0.255 e. The molecule has 3 heterocycles. The number of carbonyl (C=O) groups excluding carboxylic acids is 1. The minimum Gasteiger partial charge on any atom is -0.471 e. The van der Waals surface area contributed by atoms with Crippen LogP contribution in [0.15, 0.2) is 36.5 Å². The summed E-state index contributed by atoms with van der Waals surface area (Å²) in [4.78, 5) is 26.2. The van der Waals surface area contributed by atoms with Gasteiger partial charge in [0.2, 0.25) is 5.88 Å². The average molecular weight is 387 g/mol. The molecule has 1 unspecified atom stereocenters. The summed E-state index contributed by atoms with van der Waals surface area (Å²) >= 11 is 6.25. The Morgan fingerprint density at radius 2 is 2.30 bits per heavy atom. The number of ether oxygens (including phenoxy) is 2. The number of rotatable bonds is 5. The molecule has 8 heteroatoms. The fourth-order valence-electron chi connectivity index (χ4n) is 2.99. The van der Waals surface area contributed by atoms with Crippen LogP contribution in [0.2, 0.25) is 5.02 Å².